The van der Waals surface area contributed by atoms with E-state index in [9.17, 15) is 13.2 Å². The highest BCUT2D eigenvalue weighted by molar-refractivity contribution is 7.88. The predicted octanol–water partition coefficient (Wildman–Crippen LogP) is 2.10. The van der Waals surface area contributed by atoms with Crippen LogP contribution in [0.2, 0.25) is 0 Å². The second-order valence-corrected chi connectivity index (χ2v) is 8.48. The van der Waals surface area contributed by atoms with E-state index in [1.54, 1.807) is 0 Å². The Morgan fingerprint density at radius 3 is 2.57 bits per heavy atom. The molecule has 1 aromatic rings. The fraction of sp³-hybridized carbons (Fsp3) is 0.588. The molecule has 1 fully saturated rings. The zero-order valence-corrected chi connectivity index (χ0v) is 14.9. The number of hydrogen-bond donors (Lipinski definition) is 1. The van der Waals surface area contributed by atoms with Gasteiger partial charge in [-0.3, -0.25) is 4.79 Å². The first-order valence-electron chi connectivity index (χ1n) is 8.09. The largest absolute Gasteiger partial charge is 0.347 e. The minimum absolute atomic E-state index is 0.0634. The number of amides is 1. The number of rotatable bonds is 5. The van der Waals surface area contributed by atoms with Crippen LogP contribution in [0.3, 0.4) is 0 Å². The van der Waals surface area contributed by atoms with Gasteiger partial charge in [0.1, 0.15) is 0 Å². The highest BCUT2D eigenvalue weighted by atomic mass is 32.2. The van der Waals surface area contributed by atoms with Crippen molar-refractivity contribution in [2.45, 2.75) is 38.6 Å². The number of piperidine rings is 1. The molecule has 2 atom stereocenters. The smallest absolute Gasteiger partial charge is 0.225 e. The van der Waals surface area contributed by atoms with Gasteiger partial charge in [0.15, 0.2) is 0 Å². The average Bonchev–Trinajstić information content (AvgIpc) is 2.55. The predicted molar refractivity (Wildman–Crippen MR) is 91.4 cm³/mol. The number of sulfonamides is 1. The van der Waals surface area contributed by atoms with Crippen molar-refractivity contribution in [1.82, 2.24) is 9.62 Å². The lowest BCUT2D eigenvalue weighted by Gasteiger charge is -2.35. The molecule has 0 aromatic heterocycles. The van der Waals surface area contributed by atoms with E-state index < -0.39 is 15.6 Å². The number of carbonyl (C=O) groups excluding carboxylic acids is 1. The molecule has 0 radical (unpaired) electrons. The van der Waals surface area contributed by atoms with Crippen LogP contribution in [0.5, 0.6) is 0 Å². The Kier molecular flexibility index (Phi) is 5.47. The van der Waals surface area contributed by atoms with Crippen molar-refractivity contribution in [3.05, 3.63) is 35.9 Å². The number of benzene rings is 1. The first-order chi connectivity index (χ1) is 10.8. The topological polar surface area (TPSA) is 66.5 Å². The van der Waals surface area contributed by atoms with Crippen molar-refractivity contribution < 1.29 is 13.2 Å². The molecular weight excluding hydrogens is 312 g/mol. The van der Waals surface area contributed by atoms with Gasteiger partial charge < -0.3 is 5.32 Å². The molecule has 1 N–H and O–H groups in total. The highest BCUT2D eigenvalue weighted by Crippen LogP contribution is 2.26. The molecule has 0 unspecified atom stereocenters. The normalized spacial score (nSPS) is 22.3. The SMILES string of the molecule is CC[C@](C)(NC(=O)[C@@H]1CCCN(S(C)(=O)=O)C1)c1ccccc1. The van der Waals surface area contributed by atoms with Gasteiger partial charge >= 0.3 is 0 Å². The summed E-state index contributed by atoms with van der Waals surface area (Å²) in [7, 11) is -3.24. The van der Waals surface area contributed by atoms with Crippen LogP contribution in [0, 0.1) is 5.92 Å². The average molecular weight is 338 g/mol. The van der Waals surface area contributed by atoms with Crippen molar-refractivity contribution in [3.63, 3.8) is 0 Å². The summed E-state index contributed by atoms with van der Waals surface area (Å²) in [5, 5.41) is 3.14. The number of hydrogen-bond acceptors (Lipinski definition) is 3. The molecule has 1 aliphatic rings. The van der Waals surface area contributed by atoms with Crippen LogP contribution in [-0.4, -0.2) is 38.0 Å². The number of carbonyl (C=O) groups is 1. The van der Waals surface area contributed by atoms with Gasteiger partial charge in [0.25, 0.3) is 0 Å². The van der Waals surface area contributed by atoms with Crippen LogP contribution in [0.1, 0.15) is 38.7 Å². The third kappa shape index (κ3) is 4.32. The van der Waals surface area contributed by atoms with E-state index in [-0.39, 0.29) is 18.4 Å². The van der Waals surface area contributed by atoms with E-state index in [1.165, 1.54) is 10.6 Å². The van der Waals surface area contributed by atoms with Gasteiger partial charge in [0.05, 0.1) is 17.7 Å². The van der Waals surface area contributed by atoms with Crippen molar-refractivity contribution >= 4 is 15.9 Å². The van der Waals surface area contributed by atoms with Crippen LogP contribution in [0.25, 0.3) is 0 Å². The zero-order valence-electron chi connectivity index (χ0n) is 14.1. The second-order valence-electron chi connectivity index (χ2n) is 6.50. The van der Waals surface area contributed by atoms with Crippen LogP contribution in [0.4, 0.5) is 0 Å². The van der Waals surface area contributed by atoms with Gasteiger partial charge in [-0.2, -0.15) is 0 Å². The molecule has 6 heteroatoms. The number of nitrogens with one attached hydrogen (secondary N) is 1. The van der Waals surface area contributed by atoms with Crippen molar-refractivity contribution in [3.8, 4) is 0 Å². The first kappa shape index (κ1) is 17.9. The van der Waals surface area contributed by atoms with Gasteiger partial charge in [0, 0.05) is 13.1 Å². The van der Waals surface area contributed by atoms with Gasteiger partial charge in [-0.15, -0.1) is 0 Å². The third-order valence-corrected chi connectivity index (χ3v) is 6.01. The fourth-order valence-electron chi connectivity index (χ4n) is 3.00. The van der Waals surface area contributed by atoms with Crippen LogP contribution in [-0.2, 0) is 20.4 Å². The summed E-state index contributed by atoms with van der Waals surface area (Å²) in [4.78, 5) is 12.7. The van der Waals surface area contributed by atoms with Crippen molar-refractivity contribution in [2.24, 2.45) is 5.92 Å². The van der Waals surface area contributed by atoms with Crippen molar-refractivity contribution in [1.29, 1.82) is 0 Å². The molecule has 1 heterocycles. The number of nitrogens with zero attached hydrogens (tertiary/aromatic N) is 1. The van der Waals surface area contributed by atoms with E-state index in [4.69, 9.17) is 0 Å². The molecule has 1 saturated heterocycles. The molecule has 0 bridgehead atoms. The molecule has 0 spiro atoms. The highest BCUT2D eigenvalue weighted by Gasteiger charge is 2.34. The lowest BCUT2D eigenvalue weighted by molar-refractivity contribution is -0.128. The monoisotopic (exact) mass is 338 g/mol. The Labute approximate surface area is 139 Å². The minimum atomic E-state index is -3.24. The van der Waals surface area contributed by atoms with Gasteiger partial charge in [0.2, 0.25) is 15.9 Å². The maximum atomic E-state index is 12.7. The van der Waals surface area contributed by atoms with Crippen LogP contribution < -0.4 is 5.32 Å². The maximum absolute atomic E-state index is 12.7. The molecule has 23 heavy (non-hydrogen) atoms. The summed E-state index contributed by atoms with van der Waals surface area (Å²) in [6.45, 7) is 4.83. The van der Waals surface area contributed by atoms with E-state index in [1.807, 2.05) is 44.2 Å². The Hall–Kier alpha value is -1.40. The molecule has 128 valence electrons. The lowest BCUT2D eigenvalue weighted by Crippen LogP contribution is -2.50. The molecule has 1 amide bonds. The first-order valence-corrected chi connectivity index (χ1v) is 9.94. The van der Waals surface area contributed by atoms with Crippen LogP contribution >= 0.6 is 0 Å². The molecule has 0 saturated carbocycles. The third-order valence-electron chi connectivity index (χ3n) is 4.74. The molecule has 1 aliphatic heterocycles. The Balaban J connectivity index is 2.11. The summed E-state index contributed by atoms with van der Waals surface area (Å²) in [6, 6.07) is 9.89. The second kappa shape index (κ2) is 7.01. The molecule has 5 nitrogen and oxygen atoms in total. The van der Waals surface area contributed by atoms with E-state index in [0.717, 1.165) is 24.8 Å². The quantitative estimate of drug-likeness (QED) is 0.894. The zero-order chi connectivity index (χ0) is 17.1. The summed E-state index contributed by atoms with van der Waals surface area (Å²) >= 11 is 0. The summed E-state index contributed by atoms with van der Waals surface area (Å²) < 4.78 is 24.8. The Morgan fingerprint density at radius 2 is 2.00 bits per heavy atom. The molecule has 0 aliphatic carbocycles. The van der Waals surface area contributed by atoms with Crippen molar-refractivity contribution in [2.75, 3.05) is 19.3 Å². The van der Waals surface area contributed by atoms with E-state index >= 15 is 0 Å². The molecule has 2 rings (SSSR count). The van der Waals surface area contributed by atoms with Gasteiger partial charge in [-0.05, 0) is 31.7 Å². The Morgan fingerprint density at radius 1 is 1.35 bits per heavy atom. The standard InChI is InChI=1S/C17H26N2O3S/c1-4-17(2,15-10-6-5-7-11-15)18-16(20)14-9-8-12-19(13-14)23(3,21)22/h5-7,10-11,14H,4,8-9,12-13H2,1-3H3,(H,18,20)/t14-,17+/m1/s1. The molecular formula is C17H26N2O3S. The van der Waals surface area contributed by atoms with E-state index in [0.29, 0.717) is 6.54 Å². The minimum Gasteiger partial charge on any atom is -0.347 e. The molecule has 1 aromatic carbocycles. The summed E-state index contributed by atoms with van der Waals surface area (Å²) in [5.41, 5.74) is 0.623. The lowest BCUT2D eigenvalue weighted by atomic mass is 9.88. The van der Waals surface area contributed by atoms with Crippen LogP contribution in [0.15, 0.2) is 30.3 Å². The summed E-state index contributed by atoms with van der Waals surface area (Å²) in [5.74, 6) is -0.348. The summed E-state index contributed by atoms with van der Waals surface area (Å²) in [6.07, 6.45) is 3.42. The van der Waals surface area contributed by atoms with Gasteiger partial charge in [-0.1, -0.05) is 37.3 Å². The maximum Gasteiger partial charge on any atom is 0.225 e. The van der Waals surface area contributed by atoms with E-state index in [2.05, 4.69) is 5.32 Å². The fourth-order valence-corrected chi connectivity index (χ4v) is 3.91. The van der Waals surface area contributed by atoms with Gasteiger partial charge in [-0.25, -0.2) is 12.7 Å². The Bertz CT molecular complexity index is 645.